The minimum Gasteiger partial charge on any atom is -0.494 e. The molecule has 0 spiro atoms. The van der Waals surface area contributed by atoms with Gasteiger partial charge in [0.05, 0.1) is 6.61 Å². The summed E-state index contributed by atoms with van der Waals surface area (Å²) < 4.78 is 5.45. The number of carbonyl (C=O) groups is 1. The summed E-state index contributed by atoms with van der Waals surface area (Å²) in [5.74, 6) is 0.958. The van der Waals surface area contributed by atoms with E-state index in [-0.39, 0.29) is 5.91 Å². The number of ether oxygens (including phenoxy) is 1. The summed E-state index contributed by atoms with van der Waals surface area (Å²) in [6.07, 6.45) is 1.23. The largest absolute Gasteiger partial charge is 0.494 e. The standard InChI is InChI=1S/C25H35N3O2/c1-3-27-15-17-28(18-16-27)20-23-7-5-22(6-8-23)19-26-25(29)14-11-21-9-12-24(13-10-21)30-4-2/h5-10,12-13H,3-4,11,14-20H2,1-2H3,(H,26,29). The van der Waals surface area contributed by atoms with E-state index in [9.17, 15) is 4.79 Å². The van der Waals surface area contributed by atoms with Gasteiger partial charge in [0.1, 0.15) is 5.75 Å². The average Bonchev–Trinajstić information content (AvgIpc) is 2.79. The van der Waals surface area contributed by atoms with Gasteiger partial charge in [0, 0.05) is 45.7 Å². The molecule has 30 heavy (non-hydrogen) atoms. The molecule has 3 rings (SSSR count). The van der Waals surface area contributed by atoms with Gasteiger partial charge in [0.15, 0.2) is 0 Å². The van der Waals surface area contributed by atoms with Crippen LogP contribution in [0.4, 0.5) is 0 Å². The van der Waals surface area contributed by atoms with E-state index in [0.29, 0.717) is 19.6 Å². The molecule has 1 N–H and O–H groups in total. The molecule has 5 nitrogen and oxygen atoms in total. The highest BCUT2D eigenvalue weighted by atomic mass is 16.5. The third kappa shape index (κ3) is 7.15. The molecule has 0 aliphatic carbocycles. The van der Waals surface area contributed by atoms with Gasteiger partial charge in [-0.25, -0.2) is 0 Å². The average molecular weight is 410 g/mol. The molecule has 2 aromatic rings. The van der Waals surface area contributed by atoms with Crippen molar-refractivity contribution in [1.29, 1.82) is 0 Å². The molecule has 1 fully saturated rings. The molecule has 1 amide bonds. The Labute approximate surface area is 181 Å². The first-order chi connectivity index (χ1) is 14.7. The molecule has 0 unspecified atom stereocenters. The third-order valence-electron chi connectivity index (χ3n) is 5.71. The van der Waals surface area contributed by atoms with Crippen molar-refractivity contribution in [1.82, 2.24) is 15.1 Å². The minimum absolute atomic E-state index is 0.0850. The maximum Gasteiger partial charge on any atom is 0.220 e. The van der Waals surface area contributed by atoms with Crippen molar-refractivity contribution in [2.75, 3.05) is 39.3 Å². The zero-order valence-electron chi connectivity index (χ0n) is 18.4. The second-order valence-corrected chi connectivity index (χ2v) is 7.88. The van der Waals surface area contributed by atoms with Crippen LogP contribution in [0.1, 0.15) is 37.0 Å². The number of nitrogens with one attached hydrogen (secondary N) is 1. The fraction of sp³-hybridized carbons (Fsp3) is 0.480. The van der Waals surface area contributed by atoms with Crippen molar-refractivity contribution in [2.24, 2.45) is 0 Å². The third-order valence-corrected chi connectivity index (χ3v) is 5.71. The number of benzene rings is 2. The number of carbonyl (C=O) groups excluding carboxylic acids is 1. The second-order valence-electron chi connectivity index (χ2n) is 7.88. The quantitative estimate of drug-likeness (QED) is 0.653. The van der Waals surface area contributed by atoms with Gasteiger partial charge in [-0.15, -0.1) is 0 Å². The van der Waals surface area contributed by atoms with Crippen LogP contribution in [0, 0.1) is 0 Å². The van der Waals surface area contributed by atoms with E-state index in [1.165, 1.54) is 5.56 Å². The molecule has 0 bridgehead atoms. The first-order valence-electron chi connectivity index (χ1n) is 11.2. The van der Waals surface area contributed by atoms with Crippen LogP contribution in [0.5, 0.6) is 5.75 Å². The molecule has 0 atom stereocenters. The van der Waals surface area contributed by atoms with E-state index in [0.717, 1.165) is 62.6 Å². The lowest BCUT2D eigenvalue weighted by molar-refractivity contribution is -0.121. The molecular formula is C25H35N3O2. The van der Waals surface area contributed by atoms with E-state index in [4.69, 9.17) is 4.74 Å². The molecule has 0 radical (unpaired) electrons. The maximum atomic E-state index is 12.2. The van der Waals surface area contributed by atoms with E-state index in [1.807, 2.05) is 31.2 Å². The van der Waals surface area contributed by atoms with Crippen molar-refractivity contribution >= 4 is 5.91 Å². The van der Waals surface area contributed by atoms with E-state index >= 15 is 0 Å². The fourth-order valence-electron chi connectivity index (χ4n) is 3.75. The second kappa shape index (κ2) is 11.7. The fourth-order valence-corrected chi connectivity index (χ4v) is 3.75. The number of likely N-dealkylation sites (N-methyl/N-ethyl adjacent to an activating group) is 1. The highest BCUT2D eigenvalue weighted by Gasteiger charge is 2.15. The zero-order chi connectivity index (χ0) is 21.2. The summed E-state index contributed by atoms with van der Waals surface area (Å²) in [4.78, 5) is 17.2. The minimum atomic E-state index is 0.0850. The Kier molecular flexibility index (Phi) is 8.72. The molecule has 1 saturated heterocycles. The molecular weight excluding hydrogens is 374 g/mol. The van der Waals surface area contributed by atoms with Gasteiger partial charge in [0.25, 0.3) is 0 Å². The lowest BCUT2D eigenvalue weighted by atomic mass is 10.1. The van der Waals surface area contributed by atoms with Crippen molar-refractivity contribution in [3.8, 4) is 5.75 Å². The van der Waals surface area contributed by atoms with Crippen LogP contribution >= 0.6 is 0 Å². The van der Waals surface area contributed by atoms with Gasteiger partial charge in [-0.05, 0) is 48.7 Å². The molecule has 1 heterocycles. The Balaban J connectivity index is 1.36. The van der Waals surface area contributed by atoms with Crippen molar-refractivity contribution in [2.45, 2.75) is 39.8 Å². The SMILES string of the molecule is CCOc1ccc(CCC(=O)NCc2ccc(CN3CCN(CC)CC3)cc2)cc1. The van der Waals surface area contributed by atoms with Crippen LogP contribution in [-0.2, 0) is 24.3 Å². The molecule has 162 valence electrons. The van der Waals surface area contributed by atoms with E-state index < -0.39 is 0 Å². The topological polar surface area (TPSA) is 44.8 Å². The van der Waals surface area contributed by atoms with E-state index in [2.05, 4.69) is 46.3 Å². The predicted octanol–water partition coefficient (Wildman–Crippen LogP) is 3.47. The molecule has 0 saturated carbocycles. The number of hydrogen-bond acceptors (Lipinski definition) is 4. The van der Waals surface area contributed by atoms with Crippen LogP contribution in [0.2, 0.25) is 0 Å². The van der Waals surface area contributed by atoms with Gasteiger partial charge in [-0.1, -0.05) is 43.3 Å². The lowest BCUT2D eigenvalue weighted by Crippen LogP contribution is -2.45. The molecule has 2 aromatic carbocycles. The Morgan fingerprint density at radius 2 is 1.47 bits per heavy atom. The first-order valence-corrected chi connectivity index (χ1v) is 11.2. The summed E-state index contributed by atoms with van der Waals surface area (Å²) in [5.41, 5.74) is 3.63. The smallest absolute Gasteiger partial charge is 0.220 e. The summed E-state index contributed by atoms with van der Waals surface area (Å²) in [5, 5.41) is 3.03. The monoisotopic (exact) mass is 409 g/mol. The molecule has 1 aliphatic rings. The van der Waals surface area contributed by atoms with Gasteiger partial charge in [-0.3, -0.25) is 9.69 Å². The maximum absolute atomic E-state index is 12.2. The molecule has 0 aromatic heterocycles. The van der Waals surface area contributed by atoms with Crippen LogP contribution in [-0.4, -0.2) is 55.0 Å². The van der Waals surface area contributed by atoms with Crippen molar-refractivity contribution < 1.29 is 9.53 Å². The summed E-state index contributed by atoms with van der Waals surface area (Å²) in [6, 6.07) is 16.6. The molecule has 1 aliphatic heterocycles. The van der Waals surface area contributed by atoms with Crippen LogP contribution in [0.25, 0.3) is 0 Å². The number of piperazine rings is 1. The summed E-state index contributed by atoms with van der Waals surface area (Å²) in [7, 11) is 0. The van der Waals surface area contributed by atoms with E-state index in [1.54, 1.807) is 0 Å². The normalized spacial score (nSPS) is 15.1. The Morgan fingerprint density at radius 1 is 0.867 bits per heavy atom. The number of rotatable bonds is 10. The Morgan fingerprint density at radius 3 is 2.10 bits per heavy atom. The van der Waals surface area contributed by atoms with Gasteiger partial charge < -0.3 is 15.0 Å². The first kappa shape index (κ1) is 22.3. The van der Waals surface area contributed by atoms with Gasteiger partial charge >= 0.3 is 0 Å². The van der Waals surface area contributed by atoms with Crippen LogP contribution in [0.3, 0.4) is 0 Å². The van der Waals surface area contributed by atoms with Crippen molar-refractivity contribution in [3.05, 3.63) is 65.2 Å². The molecule has 5 heteroatoms. The zero-order valence-corrected chi connectivity index (χ0v) is 18.4. The number of amides is 1. The van der Waals surface area contributed by atoms with Crippen LogP contribution in [0.15, 0.2) is 48.5 Å². The van der Waals surface area contributed by atoms with Gasteiger partial charge in [-0.2, -0.15) is 0 Å². The Hall–Kier alpha value is -2.37. The number of hydrogen-bond donors (Lipinski definition) is 1. The highest BCUT2D eigenvalue weighted by molar-refractivity contribution is 5.76. The number of nitrogens with zero attached hydrogens (tertiary/aromatic N) is 2. The summed E-state index contributed by atoms with van der Waals surface area (Å²) >= 11 is 0. The van der Waals surface area contributed by atoms with Gasteiger partial charge in [0.2, 0.25) is 5.91 Å². The van der Waals surface area contributed by atoms with Crippen molar-refractivity contribution in [3.63, 3.8) is 0 Å². The summed E-state index contributed by atoms with van der Waals surface area (Å²) in [6.45, 7) is 12.2. The Bertz CT molecular complexity index is 766. The lowest BCUT2D eigenvalue weighted by Gasteiger charge is -2.34. The van der Waals surface area contributed by atoms with Crippen LogP contribution < -0.4 is 10.1 Å². The predicted molar refractivity (Wildman–Crippen MR) is 122 cm³/mol. The highest BCUT2D eigenvalue weighted by Crippen LogP contribution is 2.14. The number of aryl methyl sites for hydroxylation is 1.